The number of rotatable bonds is 14. The average Bonchev–Trinajstić information content (AvgIpc) is 2.97. The minimum atomic E-state index is -0.761. The highest BCUT2D eigenvalue weighted by molar-refractivity contribution is 5.94. The first-order valence-corrected chi connectivity index (χ1v) is 16.6. The Kier molecular flexibility index (Phi) is 14.3. The molecule has 1 aromatic rings. The lowest BCUT2D eigenvalue weighted by atomic mass is 9.76. The van der Waals surface area contributed by atoms with Crippen LogP contribution in [0, 0.1) is 11.3 Å². The molecule has 0 aliphatic carbocycles. The van der Waals surface area contributed by atoms with Crippen LogP contribution in [0.25, 0.3) is 0 Å². The van der Waals surface area contributed by atoms with Gasteiger partial charge in [0.2, 0.25) is 17.7 Å². The molecule has 45 heavy (non-hydrogen) atoms. The number of hydrogen-bond acceptors (Lipinski definition) is 6. The van der Waals surface area contributed by atoms with Crippen LogP contribution in [0.5, 0.6) is 0 Å². The zero-order valence-corrected chi connectivity index (χ0v) is 30.2. The Morgan fingerprint density at radius 1 is 0.933 bits per heavy atom. The number of piperazine rings is 1. The standard InChI is InChI=1S/C36H62N6O3/c1-26(2)29(25-27(3)33(44)42-23-21-41(22-24-42)20-16-19-39(10)11)40(12)34(45)31(35(4,5)6)38-32(43)30(37-9)36(7,8)28-17-14-13-15-18-28/h13-15,17-18,25-26,29-31,37H,16,19-24H2,1-12H3,(H,38,43)/b27-25+/t29-,30-,31-/m1/s1. The van der Waals surface area contributed by atoms with Crippen molar-refractivity contribution in [3.05, 3.63) is 47.5 Å². The third kappa shape index (κ3) is 10.6. The van der Waals surface area contributed by atoms with E-state index >= 15 is 0 Å². The van der Waals surface area contributed by atoms with Crippen molar-refractivity contribution in [3.63, 3.8) is 0 Å². The zero-order valence-electron chi connectivity index (χ0n) is 30.2. The van der Waals surface area contributed by atoms with Crippen LogP contribution in [0.4, 0.5) is 0 Å². The molecule has 0 radical (unpaired) electrons. The highest BCUT2D eigenvalue weighted by Crippen LogP contribution is 2.29. The van der Waals surface area contributed by atoms with Crippen LogP contribution in [-0.2, 0) is 19.8 Å². The smallest absolute Gasteiger partial charge is 0.249 e. The van der Waals surface area contributed by atoms with Crippen LogP contribution in [0.2, 0.25) is 0 Å². The summed E-state index contributed by atoms with van der Waals surface area (Å²) in [5, 5.41) is 6.31. The maximum Gasteiger partial charge on any atom is 0.249 e. The van der Waals surface area contributed by atoms with Crippen molar-refractivity contribution < 1.29 is 14.4 Å². The molecule has 0 aromatic heterocycles. The van der Waals surface area contributed by atoms with Crippen molar-refractivity contribution in [2.24, 2.45) is 11.3 Å². The van der Waals surface area contributed by atoms with Gasteiger partial charge in [0.05, 0.1) is 12.1 Å². The minimum absolute atomic E-state index is 0.0233. The number of nitrogens with zero attached hydrogens (tertiary/aromatic N) is 4. The molecule has 3 amide bonds. The highest BCUT2D eigenvalue weighted by atomic mass is 16.2. The van der Waals surface area contributed by atoms with Crippen molar-refractivity contribution in [3.8, 4) is 0 Å². The quantitative estimate of drug-likeness (QED) is 0.307. The van der Waals surface area contributed by atoms with E-state index in [0.717, 1.165) is 38.2 Å². The summed E-state index contributed by atoms with van der Waals surface area (Å²) in [4.78, 5) is 49.7. The summed E-state index contributed by atoms with van der Waals surface area (Å²) in [6.45, 7) is 21.2. The zero-order chi connectivity index (χ0) is 34.1. The predicted octanol–water partition coefficient (Wildman–Crippen LogP) is 3.61. The van der Waals surface area contributed by atoms with E-state index in [-0.39, 0.29) is 29.7 Å². The fourth-order valence-electron chi connectivity index (χ4n) is 6.19. The maximum absolute atomic E-state index is 14.2. The molecule has 1 fully saturated rings. The van der Waals surface area contributed by atoms with E-state index in [1.165, 1.54) is 0 Å². The van der Waals surface area contributed by atoms with E-state index in [4.69, 9.17) is 0 Å². The van der Waals surface area contributed by atoms with Crippen molar-refractivity contribution >= 4 is 17.7 Å². The fraction of sp³-hybridized carbons (Fsp3) is 0.694. The van der Waals surface area contributed by atoms with Gasteiger partial charge in [0.1, 0.15) is 6.04 Å². The van der Waals surface area contributed by atoms with Crippen LogP contribution >= 0.6 is 0 Å². The molecule has 0 saturated carbocycles. The van der Waals surface area contributed by atoms with E-state index in [9.17, 15) is 14.4 Å². The van der Waals surface area contributed by atoms with E-state index in [2.05, 4.69) is 48.4 Å². The monoisotopic (exact) mass is 626 g/mol. The summed E-state index contributed by atoms with van der Waals surface area (Å²) in [6, 6.07) is 8.31. The number of carbonyl (C=O) groups is 3. The summed E-state index contributed by atoms with van der Waals surface area (Å²) in [7, 11) is 7.74. The first-order chi connectivity index (χ1) is 20.9. The van der Waals surface area contributed by atoms with E-state index in [1.807, 2.05) is 82.9 Å². The van der Waals surface area contributed by atoms with E-state index in [1.54, 1.807) is 19.0 Å². The Morgan fingerprint density at radius 3 is 2.00 bits per heavy atom. The Hall–Kier alpha value is -2.75. The van der Waals surface area contributed by atoms with Crippen molar-refractivity contribution in [1.82, 2.24) is 30.2 Å². The Bertz CT molecular complexity index is 1130. The summed E-state index contributed by atoms with van der Waals surface area (Å²) >= 11 is 0. The molecular weight excluding hydrogens is 564 g/mol. The molecule has 1 heterocycles. The number of benzene rings is 1. The van der Waals surface area contributed by atoms with Gasteiger partial charge < -0.3 is 25.3 Å². The van der Waals surface area contributed by atoms with Gasteiger partial charge in [0.15, 0.2) is 0 Å². The van der Waals surface area contributed by atoms with Gasteiger partial charge in [-0.05, 0) is 64.5 Å². The van der Waals surface area contributed by atoms with Crippen LogP contribution < -0.4 is 10.6 Å². The van der Waals surface area contributed by atoms with Gasteiger partial charge in [-0.3, -0.25) is 19.3 Å². The molecule has 1 aromatic carbocycles. The van der Waals surface area contributed by atoms with Crippen molar-refractivity contribution in [1.29, 1.82) is 0 Å². The molecule has 254 valence electrons. The van der Waals surface area contributed by atoms with E-state index in [0.29, 0.717) is 18.7 Å². The lowest BCUT2D eigenvalue weighted by molar-refractivity contribution is -0.141. The van der Waals surface area contributed by atoms with Gasteiger partial charge in [0.25, 0.3) is 0 Å². The van der Waals surface area contributed by atoms with Gasteiger partial charge in [-0.1, -0.05) is 84.9 Å². The number of nitrogens with one attached hydrogen (secondary N) is 2. The molecule has 1 saturated heterocycles. The molecule has 1 aliphatic heterocycles. The Morgan fingerprint density at radius 2 is 1.51 bits per heavy atom. The molecule has 2 rings (SSSR count). The van der Waals surface area contributed by atoms with Crippen LogP contribution in [0.1, 0.15) is 67.4 Å². The number of carbonyl (C=O) groups excluding carboxylic acids is 3. The molecule has 9 nitrogen and oxygen atoms in total. The fourth-order valence-corrected chi connectivity index (χ4v) is 6.19. The van der Waals surface area contributed by atoms with Crippen LogP contribution in [-0.4, -0.2) is 123 Å². The largest absolute Gasteiger partial charge is 0.342 e. The summed E-state index contributed by atoms with van der Waals surface area (Å²) in [6.07, 6.45) is 3.05. The van der Waals surface area contributed by atoms with Gasteiger partial charge >= 0.3 is 0 Å². The van der Waals surface area contributed by atoms with Crippen molar-refractivity contribution in [2.45, 2.75) is 85.4 Å². The Balaban J connectivity index is 2.19. The third-order valence-corrected chi connectivity index (χ3v) is 9.17. The lowest BCUT2D eigenvalue weighted by Crippen LogP contribution is -2.61. The molecule has 9 heteroatoms. The van der Waals surface area contributed by atoms with Gasteiger partial charge in [-0.15, -0.1) is 0 Å². The van der Waals surface area contributed by atoms with Crippen molar-refractivity contribution in [2.75, 3.05) is 67.5 Å². The number of amides is 3. The molecule has 0 bridgehead atoms. The molecule has 0 unspecified atom stereocenters. The summed E-state index contributed by atoms with van der Waals surface area (Å²) in [5.41, 5.74) is 0.616. The van der Waals surface area contributed by atoms with Gasteiger partial charge in [-0.2, -0.15) is 0 Å². The molecule has 3 atom stereocenters. The molecule has 2 N–H and O–H groups in total. The lowest BCUT2D eigenvalue weighted by Gasteiger charge is -2.40. The summed E-state index contributed by atoms with van der Waals surface area (Å²) in [5.74, 6) is -0.314. The highest BCUT2D eigenvalue weighted by Gasteiger charge is 2.41. The topological polar surface area (TPSA) is 88.2 Å². The number of likely N-dealkylation sites (N-methyl/N-ethyl adjacent to an activating group) is 2. The molecule has 0 spiro atoms. The second-order valence-electron chi connectivity index (χ2n) is 14.9. The Labute approximate surface area is 273 Å². The van der Waals surface area contributed by atoms with Crippen LogP contribution in [0.3, 0.4) is 0 Å². The number of hydrogen-bond donors (Lipinski definition) is 2. The third-order valence-electron chi connectivity index (χ3n) is 9.17. The predicted molar refractivity (Wildman–Crippen MR) is 185 cm³/mol. The molecular formula is C36H62N6O3. The minimum Gasteiger partial charge on any atom is -0.342 e. The maximum atomic E-state index is 14.2. The summed E-state index contributed by atoms with van der Waals surface area (Å²) < 4.78 is 0. The second-order valence-corrected chi connectivity index (χ2v) is 14.9. The van der Waals surface area contributed by atoms with E-state index < -0.39 is 22.9 Å². The normalized spacial score (nSPS) is 17.3. The van der Waals surface area contributed by atoms with Crippen LogP contribution in [0.15, 0.2) is 42.0 Å². The van der Waals surface area contributed by atoms with Gasteiger partial charge in [0, 0.05) is 44.2 Å². The molecule has 1 aliphatic rings. The first-order valence-electron chi connectivity index (χ1n) is 16.6. The SMILES string of the molecule is CN[C@H](C(=O)N[C@H](C(=O)N(C)[C@H](/C=C(\C)C(=O)N1CCN(CCCN(C)C)CC1)C(C)C)C(C)(C)C)C(C)(C)c1ccccc1. The second kappa shape index (κ2) is 16.7. The average molecular weight is 627 g/mol. The first kappa shape index (κ1) is 38.4. The van der Waals surface area contributed by atoms with Gasteiger partial charge in [-0.25, -0.2) is 0 Å².